The van der Waals surface area contributed by atoms with Gasteiger partial charge in [0.15, 0.2) is 0 Å². The fraction of sp³-hybridized carbons (Fsp3) is 0.462. The maximum atomic E-state index is 12.7. The summed E-state index contributed by atoms with van der Waals surface area (Å²) in [6, 6.07) is 4.62. The van der Waals surface area contributed by atoms with Gasteiger partial charge in [0, 0.05) is 18.8 Å². The molecule has 1 aliphatic heterocycles. The first-order valence-electron chi connectivity index (χ1n) is 6.34. The van der Waals surface area contributed by atoms with E-state index in [0.29, 0.717) is 12.2 Å². The number of piperazine rings is 1. The van der Waals surface area contributed by atoms with Crippen molar-refractivity contribution in [3.05, 3.63) is 23.8 Å². The lowest BCUT2D eigenvalue weighted by molar-refractivity contribution is -0.131. The zero-order valence-corrected chi connectivity index (χ0v) is 12.6. The van der Waals surface area contributed by atoms with Gasteiger partial charge in [-0.2, -0.15) is 4.31 Å². The molecule has 0 aliphatic carbocycles. The van der Waals surface area contributed by atoms with Crippen LogP contribution in [0.4, 0.5) is 5.69 Å². The van der Waals surface area contributed by atoms with Crippen molar-refractivity contribution < 1.29 is 13.2 Å². The number of nitrogens with two attached hydrogens (primary N) is 1. The molecule has 1 fully saturated rings. The van der Waals surface area contributed by atoms with Crippen LogP contribution in [0.1, 0.15) is 19.4 Å². The van der Waals surface area contributed by atoms with E-state index < -0.39 is 15.6 Å². The maximum Gasteiger partial charge on any atom is 0.244 e. The van der Waals surface area contributed by atoms with E-state index in [1.165, 1.54) is 16.4 Å². The van der Waals surface area contributed by atoms with Crippen LogP contribution in [0.25, 0.3) is 0 Å². The third kappa shape index (κ3) is 2.27. The summed E-state index contributed by atoms with van der Waals surface area (Å²) < 4.78 is 26.6. The Morgan fingerprint density at radius 2 is 2.00 bits per heavy atom. The third-order valence-corrected chi connectivity index (χ3v) is 5.69. The predicted molar refractivity (Wildman–Crippen MR) is 76.6 cm³/mol. The van der Waals surface area contributed by atoms with Crippen molar-refractivity contribution in [2.24, 2.45) is 0 Å². The molecule has 0 unspecified atom stereocenters. The first-order chi connectivity index (χ1) is 9.17. The number of nitrogen functional groups attached to an aromatic ring is 1. The number of rotatable bonds is 2. The molecule has 110 valence electrons. The molecule has 0 radical (unpaired) electrons. The number of carbonyl (C=O) groups is 1. The van der Waals surface area contributed by atoms with Crippen molar-refractivity contribution >= 4 is 21.6 Å². The molecule has 3 N–H and O–H groups in total. The summed E-state index contributed by atoms with van der Waals surface area (Å²) in [4.78, 5) is 12.0. The number of hydrogen-bond donors (Lipinski definition) is 2. The summed E-state index contributed by atoms with van der Waals surface area (Å²) in [6.07, 6.45) is 0. The van der Waals surface area contributed by atoms with Crippen LogP contribution in [-0.2, 0) is 14.8 Å². The molecule has 0 atom stereocenters. The Bertz CT molecular complexity index is 653. The first kappa shape index (κ1) is 14.8. The molecule has 0 aromatic heterocycles. The Labute approximate surface area is 119 Å². The Balaban J connectivity index is 2.49. The van der Waals surface area contributed by atoms with Crippen molar-refractivity contribution in [1.82, 2.24) is 9.62 Å². The van der Waals surface area contributed by atoms with Gasteiger partial charge in [-0.25, -0.2) is 8.42 Å². The molecule has 1 aromatic carbocycles. The zero-order valence-electron chi connectivity index (χ0n) is 11.8. The van der Waals surface area contributed by atoms with E-state index in [2.05, 4.69) is 5.32 Å². The summed E-state index contributed by atoms with van der Waals surface area (Å²) >= 11 is 0. The maximum absolute atomic E-state index is 12.7. The van der Waals surface area contributed by atoms with Gasteiger partial charge in [0.1, 0.15) is 5.54 Å². The minimum absolute atomic E-state index is 0.114. The van der Waals surface area contributed by atoms with Crippen LogP contribution in [0, 0.1) is 6.92 Å². The number of anilines is 1. The highest BCUT2D eigenvalue weighted by atomic mass is 32.2. The Morgan fingerprint density at radius 3 is 2.60 bits per heavy atom. The van der Waals surface area contributed by atoms with Gasteiger partial charge >= 0.3 is 0 Å². The monoisotopic (exact) mass is 297 g/mol. The lowest BCUT2D eigenvalue weighted by atomic mass is 10.0. The number of carbonyl (C=O) groups excluding carboxylic acids is 1. The normalized spacial score (nSPS) is 19.6. The molecule has 0 bridgehead atoms. The van der Waals surface area contributed by atoms with Crippen LogP contribution in [-0.4, -0.2) is 37.3 Å². The lowest BCUT2D eigenvalue weighted by Gasteiger charge is -2.39. The van der Waals surface area contributed by atoms with E-state index in [-0.39, 0.29) is 17.3 Å². The van der Waals surface area contributed by atoms with Crippen molar-refractivity contribution in [2.45, 2.75) is 31.2 Å². The first-order valence-corrected chi connectivity index (χ1v) is 7.78. The molecule has 1 aromatic rings. The van der Waals surface area contributed by atoms with Gasteiger partial charge in [0.25, 0.3) is 0 Å². The summed E-state index contributed by atoms with van der Waals surface area (Å²) in [5, 5.41) is 2.68. The fourth-order valence-corrected chi connectivity index (χ4v) is 3.99. The highest BCUT2D eigenvalue weighted by molar-refractivity contribution is 7.89. The highest BCUT2D eigenvalue weighted by Crippen LogP contribution is 2.28. The highest BCUT2D eigenvalue weighted by Gasteiger charge is 2.44. The summed E-state index contributed by atoms with van der Waals surface area (Å²) in [7, 11) is -3.75. The van der Waals surface area contributed by atoms with Crippen LogP contribution >= 0.6 is 0 Å². The lowest BCUT2D eigenvalue weighted by Crippen LogP contribution is -2.63. The number of benzene rings is 1. The van der Waals surface area contributed by atoms with Crippen molar-refractivity contribution in [1.29, 1.82) is 0 Å². The van der Waals surface area contributed by atoms with E-state index in [0.717, 1.165) is 5.56 Å². The summed E-state index contributed by atoms with van der Waals surface area (Å²) in [6.45, 7) is 5.55. The van der Waals surface area contributed by atoms with Crippen molar-refractivity contribution in [3.63, 3.8) is 0 Å². The molecule has 7 heteroatoms. The number of aryl methyl sites for hydroxylation is 1. The van der Waals surface area contributed by atoms with Crippen LogP contribution in [0.5, 0.6) is 0 Å². The molecular weight excluding hydrogens is 278 g/mol. The van der Waals surface area contributed by atoms with E-state index in [1.54, 1.807) is 19.9 Å². The number of nitrogens with one attached hydrogen (secondary N) is 1. The molecule has 1 amide bonds. The molecule has 2 rings (SSSR count). The van der Waals surface area contributed by atoms with Crippen LogP contribution in [0.2, 0.25) is 0 Å². The van der Waals surface area contributed by atoms with E-state index in [9.17, 15) is 13.2 Å². The molecule has 1 saturated heterocycles. The number of amides is 1. The second-order valence-electron chi connectivity index (χ2n) is 5.41. The van der Waals surface area contributed by atoms with Gasteiger partial charge < -0.3 is 11.1 Å². The average Bonchev–Trinajstić information content (AvgIpc) is 2.35. The van der Waals surface area contributed by atoms with Crippen LogP contribution < -0.4 is 11.1 Å². The van der Waals surface area contributed by atoms with Crippen molar-refractivity contribution in [2.75, 3.05) is 18.8 Å². The standard InChI is InChI=1S/C13H19N3O3S/c1-9-4-5-10(8-11(9)14)20(18,19)16-7-6-15-12(17)13(16,2)3/h4-5,8H,6-7,14H2,1-3H3,(H,15,17). The molecular formula is C13H19N3O3S. The van der Waals surface area contributed by atoms with E-state index >= 15 is 0 Å². The summed E-state index contributed by atoms with van der Waals surface area (Å²) in [5.41, 5.74) is 5.91. The Kier molecular flexibility index (Phi) is 3.51. The SMILES string of the molecule is Cc1ccc(S(=O)(=O)N2CCNC(=O)C2(C)C)cc1N. The smallest absolute Gasteiger partial charge is 0.244 e. The Hall–Kier alpha value is -1.60. The van der Waals surface area contributed by atoms with Gasteiger partial charge in [0.2, 0.25) is 15.9 Å². The van der Waals surface area contributed by atoms with Crippen LogP contribution in [0.3, 0.4) is 0 Å². The van der Waals surface area contributed by atoms with Crippen molar-refractivity contribution in [3.8, 4) is 0 Å². The molecule has 0 spiro atoms. The van der Waals surface area contributed by atoms with Gasteiger partial charge in [-0.05, 0) is 38.5 Å². The quantitative estimate of drug-likeness (QED) is 0.776. The largest absolute Gasteiger partial charge is 0.398 e. The second kappa shape index (κ2) is 4.75. The molecule has 1 heterocycles. The number of sulfonamides is 1. The minimum Gasteiger partial charge on any atom is -0.398 e. The van der Waals surface area contributed by atoms with Crippen LogP contribution in [0.15, 0.2) is 23.1 Å². The minimum atomic E-state index is -3.75. The van der Waals surface area contributed by atoms with Gasteiger partial charge in [-0.15, -0.1) is 0 Å². The van der Waals surface area contributed by atoms with Gasteiger partial charge in [-0.1, -0.05) is 6.07 Å². The van der Waals surface area contributed by atoms with E-state index in [4.69, 9.17) is 5.73 Å². The van der Waals surface area contributed by atoms with Gasteiger partial charge in [-0.3, -0.25) is 4.79 Å². The molecule has 20 heavy (non-hydrogen) atoms. The second-order valence-corrected chi connectivity index (χ2v) is 7.27. The number of nitrogens with zero attached hydrogens (tertiary/aromatic N) is 1. The predicted octanol–water partition coefficient (Wildman–Crippen LogP) is 0.476. The fourth-order valence-electron chi connectivity index (χ4n) is 2.21. The molecule has 6 nitrogen and oxygen atoms in total. The number of hydrogen-bond acceptors (Lipinski definition) is 4. The van der Waals surface area contributed by atoms with Gasteiger partial charge in [0.05, 0.1) is 4.90 Å². The topological polar surface area (TPSA) is 92.5 Å². The van der Waals surface area contributed by atoms with E-state index in [1.807, 2.05) is 6.92 Å². The Morgan fingerprint density at radius 1 is 1.35 bits per heavy atom. The summed E-state index contributed by atoms with van der Waals surface area (Å²) in [5.74, 6) is -0.299. The molecule has 0 saturated carbocycles. The zero-order chi connectivity index (χ0) is 15.1. The molecule has 1 aliphatic rings. The average molecular weight is 297 g/mol. The third-order valence-electron chi connectivity index (χ3n) is 3.62.